The van der Waals surface area contributed by atoms with Crippen LogP contribution in [0, 0.1) is 0 Å². The lowest BCUT2D eigenvalue weighted by molar-refractivity contribution is 0.334. The molecule has 5 heteroatoms. The molecule has 1 aliphatic rings. The van der Waals surface area contributed by atoms with Crippen LogP contribution >= 0.6 is 34.5 Å². The van der Waals surface area contributed by atoms with E-state index in [1.54, 1.807) is 11.3 Å². The Hall–Kier alpha value is -1.03. The van der Waals surface area contributed by atoms with Gasteiger partial charge in [0.25, 0.3) is 0 Å². The van der Waals surface area contributed by atoms with Crippen molar-refractivity contribution < 1.29 is 4.39 Å². The maximum atomic E-state index is 13.7. The minimum Gasteiger partial charge on any atom is -0.347 e. The Bertz CT molecular complexity index is 697. The van der Waals surface area contributed by atoms with E-state index in [4.69, 9.17) is 23.2 Å². The number of anilines is 2. The van der Waals surface area contributed by atoms with Crippen molar-refractivity contribution in [1.82, 2.24) is 0 Å². The molecule has 1 heterocycles. The van der Waals surface area contributed by atoms with Crippen LogP contribution in [0.4, 0.5) is 15.1 Å². The lowest BCUT2D eigenvalue weighted by Gasteiger charge is -2.25. The first-order valence-electron chi connectivity index (χ1n) is 7.16. The molecule has 116 valence electrons. The first kappa shape index (κ1) is 15.9. The van der Waals surface area contributed by atoms with Crippen LogP contribution in [0.3, 0.4) is 0 Å². The number of halogens is 3. The van der Waals surface area contributed by atoms with E-state index in [9.17, 15) is 4.39 Å². The minimum absolute atomic E-state index is 0.157. The molecule has 1 aromatic carbocycles. The third-order valence-corrected chi connectivity index (χ3v) is 5.47. The van der Waals surface area contributed by atoms with Crippen LogP contribution in [-0.2, 0) is 0 Å². The topological polar surface area (TPSA) is 12.0 Å². The van der Waals surface area contributed by atoms with Gasteiger partial charge in [-0.15, -0.1) is 11.3 Å². The zero-order valence-electron chi connectivity index (χ0n) is 12.1. The van der Waals surface area contributed by atoms with Gasteiger partial charge >= 0.3 is 0 Å². The van der Waals surface area contributed by atoms with Crippen LogP contribution < -0.4 is 5.32 Å². The van der Waals surface area contributed by atoms with Crippen LogP contribution in [0.25, 0.3) is 0 Å². The van der Waals surface area contributed by atoms with Gasteiger partial charge in [-0.2, -0.15) is 0 Å². The quantitative estimate of drug-likeness (QED) is 0.586. The molecule has 1 aromatic heterocycles. The first-order valence-corrected chi connectivity index (χ1v) is 8.80. The van der Waals surface area contributed by atoms with E-state index in [1.165, 1.54) is 0 Å². The summed E-state index contributed by atoms with van der Waals surface area (Å²) in [6.07, 6.45) is 2.50. The maximum absolute atomic E-state index is 13.7. The monoisotopic (exact) mass is 355 g/mol. The van der Waals surface area contributed by atoms with Gasteiger partial charge in [-0.25, -0.2) is 4.39 Å². The van der Waals surface area contributed by atoms with Crippen molar-refractivity contribution in [2.75, 3.05) is 5.32 Å². The van der Waals surface area contributed by atoms with Crippen LogP contribution in [0.15, 0.2) is 41.3 Å². The summed E-state index contributed by atoms with van der Waals surface area (Å²) < 4.78 is 13.7. The van der Waals surface area contributed by atoms with E-state index in [1.807, 2.05) is 42.6 Å². The van der Waals surface area contributed by atoms with E-state index in [-0.39, 0.29) is 5.92 Å². The standard InChI is InChI=1S/C17H16Cl2FNS/c1-10-7-11(4-5-15(10)20)12-8-13(18)14(19)9-16(12)21-17-3-2-6-22-17/h2-3,6-9,11,15,21H,4-5H2,1H3. The summed E-state index contributed by atoms with van der Waals surface area (Å²) in [6, 6.07) is 7.75. The van der Waals surface area contributed by atoms with E-state index < -0.39 is 6.17 Å². The van der Waals surface area contributed by atoms with Gasteiger partial charge in [-0.3, -0.25) is 0 Å². The average Bonchev–Trinajstić information content (AvgIpc) is 2.99. The third kappa shape index (κ3) is 3.32. The smallest absolute Gasteiger partial charge is 0.121 e. The zero-order chi connectivity index (χ0) is 15.7. The molecule has 0 spiro atoms. The summed E-state index contributed by atoms with van der Waals surface area (Å²) >= 11 is 14.0. The molecule has 2 aromatic rings. The number of rotatable bonds is 3. The van der Waals surface area contributed by atoms with Crippen molar-refractivity contribution in [1.29, 1.82) is 0 Å². The fourth-order valence-electron chi connectivity index (χ4n) is 2.76. The van der Waals surface area contributed by atoms with Crippen molar-refractivity contribution in [2.45, 2.75) is 31.9 Å². The highest BCUT2D eigenvalue weighted by atomic mass is 35.5. The molecular formula is C17H16Cl2FNS. The minimum atomic E-state index is -0.826. The summed E-state index contributed by atoms with van der Waals surface area (Å²) in [5.41, 5.74) is 2.79. The molecule has 0 saturated heterocycles. The second-order valence-corrected chi connectivity index (χ2v) is 7.28. The van der Waals surface area contributed by atoms with Crippen LogP contribution in [0.2, 0.25) is 10.0 Å². The second kappa shape index (κ2) is 6.61. The lowest BCUT2D eigenvalue weighted by Crippen LogP contribution is -2.13. The molecule has 1 aliphatic carbocycles. The van der Waals surface area contributed by atoms with Gasteiger partial charge in [0.2, 0.25) is 0 Å². The van der Waals surface area contributed by atoms with Crippen molar-refractivity contribution in [3.63, 3.8) is 0 Å². The highest BCUT2D eigenvalue weighted by molar-refractivity contribution is 7.14. The Labute approximate surface area is 143 Å². The van der Waals surface area contributed by atoms with Crippen LogP contribution in [0.1, 0.15) is 31.2 Å². The zero-order valence-corrected chi connectivity index (χ0v) is 14.4. The molecule has 0 radical (unpaired) electrons. The molecule has 1 nitrogen and oxygen atoms in total. The summed E-state index contributed by atoms with van der Waals surface area (Å²) in [6.45, 7) is 1.85. The van der Waals surface area contributed by atoms with Gasteiger partial charge in [0.1, 0.15) is 6.17 Å². The first-order chi connectivity index (χ1) is 10.5. The number of hydrogen-bond acceptors (Lipinski definition) is 2. The Morgan fingerprint density at radius 1 is 1.23 bits per heavy atom. The van der Waals surface area contributed by atoms with Crippen LogP contribution in [0.5, 0.6) is 0 Å². The van der Waals surface area contributed by atoms with E-state index in [0.717, 1.165) is 28.2 Å². The number of alkyl halides is 1. The molecule has 0 amide bonds. The number of nitrogens with one attached hydrogen (secondary N) is 1. The molecular weight excluding hydrogens is 340 g/mol. The largest absolute Gasteiger partial charge is 0.347 e. The van der Waals surface area contributed by atoms with Gasteiger partial charge in [0.15, 0.2) is 0 Å². The number of hydrogen-bond donors (Lipinski definition) is 1. The molecule has 0 fully saturated rings. The van der Waals surface area contributed by atoms with E-state index >= 15 is 0 Å². The van der Waals surface area contributed by atoms with E-state index in [0.29, 0.717) is 16.5 Å². The van der Waals surface area contributed by atoms with Crippen molar-refractivity contribution >= 4 is 45.2 Å². The van der Waals surface area contributed by atoms with E-state index in [2.05, 4.69) is 5.32 Å². The fraction of sp³-hybridized carbons (Fsp3) is 0.294. The average molecular weight is 356 g/mol. The summed E-state index contributed by atoms with van der Waals surface area (Å²) in [7, 11) is 0. The number of benzene rings is 1. The molecule has 0 aliphatic heterocycles. The molecule has 1 N–H and O–H groups in total. The predicted octanol–water partition coefficient (Wildman–Crippen LogP) is 6.96. The normalized spacial score (nSPS) is 21.5. The third-order valence-electron chi connectivity index (χ3n) is 3.96. The number of allylic oxidation sites excluding steroid dienone is 2. The molecule has 0 bridgehead atoms. The van der Waals surface area contributed by atoms with Gasteiger partial charge in [0.05, 0.1) is 15.0 Å². The Morgan fingerprint density at radius 2 is 2.00 bits per heavy atom. The summed E-state index contributed by atoms with van der Waals surface area (Å²) in [5, 5.41) is 7.50. The van der Waals surface area contributed by atoms with Gasteiger partial charge in [0, 0.05) is 11.6 Å². The highest BCUT2D eigenvalue weighted by Crippen LogP contribution is 2.40. The van der Waals surface area contributed by atoms with Gasteiger partial charge < -0.3 is 5.32 Å². The van der Waals surface area contributed by atoms with Crippen molar-refractivity contribution in [2.24, 2.45) is 0 Å². The predicted molar refractivity (Wildman–Crippen MR) is 94.7 cm³/mol. The molecule has 2 atom stereocenters. The Morgan fingerprint density at radius 3 is 2.68 bits per heavy atom. The molecule has 3 rings (SSSR count). The molecule has 22 heavy (non-hydrogen) atoms. The van der Waals surface area contributed by atoms with Crippen molar-refractivity contribution in [3.8, 4) is 0 Å². The lowest BCUT2D eigenvalue weighted by atomic mass is 9.84. The summed E-state index contributed by atoms with van der Waals surface area (Å²) in [5.74, 6) is 0.157. The molecule has 2 unspecified atom stereocenters. The molecule has 0 saturated carbocycles. The van der Waals surface area contributed by atoms with Crippen molar-refractivity contribution in [3.05, 3.63) is 56.9 Å². The highest BCUT2D eigenvalue weighted by Gasteiger charge is 2.23. The Balaban J connectivity index is 2.00. The second-order valence-electron chi connectivity index (χ2n) is 5.52. The Kier molecular flexibility index (Phi) is 4.76. The SMILES string of the molecule is CC1=CC(c2cc(Cl)c(Cl)cc2Nc2cccs2)CCC1F. The fourth-order valence-corrected chi connectivity index (χ4v) is 3.73. The summed E-state index contributed by atoms with van der Waals surface area (Å²) in [4.78, 5) is 0. The number of thiophene rings is 1. The van der Waals surface area contributed by atoms with Gasteiger partial charge in [-0.1, -0.05) is 29.3 Å². The van der Waals surface area contributed by atoms with Crippen LogP contribution in [-0.4, -0.2) is 6.17 Å². The van der Waals surface area contributed by atoms with Gasteiger partial charge in [-0.05, 0) is 60.5 Å². The maximum Gasteiger partial charge on any atom is 0.121 e.